The van der Waals surface area contributed by atoms with Crippen LogP contribution in [-0.2, 0) is 19.0 Å². The highest BCUT2D eigenvalue weighted by Gasteiger charge is 2.31. The number of ether oxygens (including phenoxy) is 3. The molecule has 0 aliphatic carbocycles. The first kappa shape index (κ1) is 19.0. The number of esters is 1. The fourth-order valence-electron chi connectivity index (χ4n) is 2.75. The summed E-state index contributed by atoms with van der Waals surface area (Å²) < 4.78 is 16.3. The topological polar surface area (TPSA) is 44.8 Å². The summed E-state index contributed by atoms with van der Waals surface area (Å²) in [6.07, 6.45) is 6.89. The summed E-state index contributed by atoms with van der Waals surface area (Å²) in [4.78, 5) is 11.1. The zero-order valence-corrected chi connectivity index (χ0v) is 14.8. The molecule has 132 valence electrons. The number of alkyl halides is 1. The van der Waals surface area contributed by atoms with E-state index in [9.17, 15) is 4.79 Å². The second-order valence-electron chi connectivity index (χ2n) is 5.82. The molecule has 1 aromatic rings. The highest BCUT2D eigenvalue weighted by atomic mass is 35.5. The molecule has 0 radical (unpaired) electrons. The normalized spacial score (nSPS) is 24.2. The van der Waals surface area contributed by atoms with Crippen molar-refractivity contribution in [2.24, 2.45) is 5.92 Å². The lowest BCUT2D eigenvalue weighted by atomic mass is 9.92. The molecule has 1 aliphatic heterocycles. The van der Waals surface area contributed by atoms with Crippen LogP contribution in [0.1, 0.15) is 37.4 Å². The number of halogens is 1. The van der Waals surface area contributed by atoms with Gasteiger partial charge in [-0.05, 0) is 24.8 Å². The van der Waals surface area contributed by atoms with Gasteiger partial charge in [-0.25, -0.2) is 0 Å². The highest BCUT2D eigenvalue weighted by molar-refractivity contribution is 6.18. The summed E-state index contributed by atoms with van der Waals surface area (Å²) in [6, 6.07) is 10.2. The van der Waals surface area contributed by atoms with E-state index in [-0.39, 0.29) is 24.3 Å². The van der Waals surface area contributed by atoms with Gasteiger partial charge in [-0.15, -0.1) is 11.6 Å². The quantitative estimate of drug-likeness (QED) is 0.304. The van der Waals surface area contributed by atoms with Gasteiger partial charge in [0, 0.05) is 12.3 Å². The number of methoxy groups -OCH3 is 1. The van der Waals surface area contributed by atoms with E-state index in [1.54, 1.807) is 0 Å². The predicted octanol–water partition coefficient (Wildman–Crippen LogP) is 4.25. The second-order valence-corrected chi connectivity index (χ2v) is 6.13. The Bertz CT molecular complexity index is 517. The Morgan fingerprint density at radius 3 is 2.83 bits per heavy atom. The van der Waals surface area contributed by atoms with Crippen molar-refractivity contribution < 1.29 is 19.0 Å². The molecule has 1 fully saturated rings. The Kier molecular flexibility index (Phi) is 8.29. The first-order valence-electron chi connectivity index (χ1n) is 8.34. The SMILES string of the molecule is COC(=O)CCC/C=C\CC1COC(CCl)OC1c1ccccc1. The van der Waals surface area contributed by atoms with Crippen molar-refractivity contribution in [2.75, 3.05) is 19.6 Å². The zero-order valence-electron chi connectivity index (χ0n) is 14.0. The molecule has 0 N–H and O–H groups in total. The molecule has 24 heavy (non-hydrogen) atoms. The molecular formula is C19H25ClO4. The lowest BCUT2D eigenvalue weighted by Gasteiger charge is -2.36. The van der Waals surface area contributed by atoms with Gasteiger partial charge in [0.05, 0.1) is 25.7 Å². The van der Waals surface area contributed by atoms with Crippen molar-refractivity contribution in [1.29, 1.82) is 0 Å². The number of rotatable bonds is 8. The van der Waals surface area contributed by atoms with E-state index in [0.29, 0.717) is 18.9 Å². The van der Waals surface area contributed by atoms with E-state index in [0.717, 1.165) is 24.8 Å². The largest absolute Gasteiger partial charge is 0.469 e. The minimum atomic E-state index is -0.350. The summed E-state index contributed by atoms with van der Waals surface area (Å²) in [7, 11) is 1.42. The Morgan fingerprint density at radius 2 is 2.12 bits per heavy atom. The van der Waals surface area contributed by atoms with Crippen LogP contribution in [0.2, 0.25) is 0 Å². The molecule has 0 bridgehead atoms. The maximum Gasteiger partial charge on any atom is 0.305 e. The number of carbonyl (C=O) groups excluding carboxylic acids is 1. The zero-order chi connectivity index (χ0) is 17.2. The lowest BCUT2D eigenvalue weighted by Crippen LogP contribution is -2.35. The van der Waals surface area contributed by atoms with Gasteiger partial charge in [0.2, 0.25) is 0 Å². The van der Waals surface area contributed by atoms with Crippen LogP contribution in [-0.4, -0.2) is 31.9 Å². The van der Waals surface area contributed by atoms with Crippen molar-refractivity contribution in [2.45, 2.75) is 38.1 Å². The second kappa shape index (κ2) is 10.5. The number of hydrogen-bond acceptors (Lipinski definition) is 4. The van der Waals surface area contributed by atoms with E-state index in [4.69, 9.17) is 21.1 Å². The van der Waals surface area contributed by atoms with Gasteiger partial charge in [0.25, 0.3) is 0 Å². The van der Waals surface area contributed by atoms with Crippen LogP contribution in [0.4, 0.5) is 0 Å². The molecule has 0 spiro atoms. The molecule has 3 unspecified atom stereocenters. The summed E-state index contributed by atoms with van der Waals surface area (Å²) in [6.45, 7) is 0.628. The van der Waals surface area contributed by atoms with Gasteiger partial charge in [0.1, 0.15) is 0 Å². The van der Waals surface area contributed by atoms with Crippen LogP contribution < -0.4 is 0 Å². The molecule has 1 saturated heterocycles. The van der Waals surface area contributed by atoms with Crippen molar-refractivity contribution in [3.8, 4) is 0 Å². The Labute approximate surface area is 148 Å². The lowest BCUT2D eigenvalue weighted by molar-refractivity contribution is -0.228. The van der Waals surface area contributed by atoms with Crippen LogP contribution in [0.15, 0.2) is 42.5 Å². The average Bonchev–Trinajstić information content (AvgIpc) is 2.65. The molecule has 4 nitrogen and oxygen atoms in total. The molecule has 2 rings (SSSR count). The van der Waals surface area contributed by atoms with E-state index in [2.05, 4.69) is 29.0 Å². The maximum absolute atomic E-state index is 11.1. The number of unbranched alkanes of at least 4 members (excludes halogenated alkanes) is 1. The van der Waals surface area contributed by atoms with Gasteiger partial charge < -0.3 is 14.2 Å². The summed E-state index contributed by atoms with van der Waals surface area (Å²) in [5, 5.41) is 0. The average molecular weight is 353 g/mol. The van der Waals surface area contributed by atoms with E-state index in [1.165, 1.54) is 7.11 Å². The Morgan fingerprint density at radius 1 is 1.33 bits per heavy atom. The third kappa shape index (κ3) is 5.93. The predicted molar refractivity (Wildman–Crippen MR) is 93.8 cm³/mol. The summed E-state index contributed by atoms with van der Waals surface area (Å²) >= 11 is 5.88. The van der Waals surface area contributed by atoms with Crippen molar-refractivity contribution in [3.63, 3.8) is 0 Å². The summed E-state index contributed by atoms with van der Waals surface area (Å²) in [5.41, 5.74) is 1.15. The maximum atomic E-state index is 11.1. The smallest absolute Gasteiger partial charge is 0.305 e. The van der Waals surface area contributed by atoms with Gasteiger partial charge in [-0.2, -0.15) is 0 Å². The number of hydrogen-bond donors (Lipinski definition) is 0. The van der Waals surface area contributed by atoms with E-state index >= 15 is 0 Å². The van der Waals surface area contributed by atoms with Crippen molar-refractivity contribution in [1.82, 2.24) is 0 Å². The molecule has 0 amide bonds. The van der Waals surface area contributed by atoms with Crippen LogP contribution in [0.25, 0.3) is 0 Å². The molecule has 1 aromatic carbocycles. The fraction of sp³-hybridized carbons (Fsp3) is 0.526. The molecule has 0 aromatic heterocycles. The molecule has 1 aliphatic rings. The van der Waals surface area contributed by atoms with E-state index in [1.807, 2.05) is 18.2 Å². The third-order valence-electron chi connectivity index (χ3n) is 4.06. The van der Waals surface area contributed by atoms with Crippen molar-refractivity contribution in [3.05, 3.63) is 48.0 Å². The van der Waals surface area contributed by atoms with Crippen LogP contribution in [0.3, 0.4) is 0 Å². The van der Waals surface area contributed by atoms with Crippen LogP contribution in [0.5, 0.6) is 0 Å². The molecule has 3 atom stereocenters. The molecular weight excluding hydrogens is 328 g/mol. The first-order valence-corrected chi connectivity index (χ1v) is 8.87. The molecule has 0 saturated carbocycles. The van der Waals surface area contributed by atoms with E-state index < -0.39 is 0 Å². The molecule has 5 heteroatoms. The number of benzene rings is 1. The first-order chi connectivity index (χ1) is 11.7. The Balaban J connectivity index is 1.86. The van der Waals surface area contributed by atoms with Gasteiger partial charge in [0.15, 0.2) is 6.29 Å². The Hall–Kier alpha value is -1.36. The third-order valence-corrected chi connectivity index (χ3v) is 4.31. The molecule has 1 heterocycles. The fourth-order valence-corrected chi connectivity index (χ4v) is 2.92. The highest BCUT2D eigenvalue weighted by Crippen LogP contribution is 2.34. The standard InChI is InChI=1S/C19H25ClO4/c1-22-17(21)12-8-3-2-5-11-16-14-23-18(13-20)24-19(16)15-9-6-4-7-10-15/h2,4-7,9-10,16,18-19H,3,8,11-14H2,1H3/b5-2-. The minimum Gasteiger partial charge on any atom is -0.469 e. The van der Waals surface area contributed by atoms with Gasteiger partial charge >= 0.3 is 5.97 Å². The number of carbonyl (C=O) groups is 1. The van der Waals surface area contributed by atoms with Gasteiger partial charge in [-0.1, -0.05) is 42.5 Å². The summed E-state index contributed by atoms with van der Waals surface area (Å²) in [5.74, 6) is 0.428. The minimum absolute atomic E-state index is 0.0107. The number of allylic oxidation sites excluding steroid dienone is 2. The van der Waals surface area contributed by atoms with Crippen LogP contribution >= 0.6 is 11.6 Å². The van der Waals surface area contributed by atoms with Crippen LogP contribution in [0, 0.1) is 5.92 Å². The monoisotopic (exact) mass is 352 g/mol. The van der Waals surface area contributed by atoms with Gasteiger partial charge in [-0.3, -0.25) is 4.79 Å². The van der Waals surface area contributed by atoms with Crippen molar-refractivity contribution >= 4 is 17.6 Å².